The monoisotopic (exact) mass is 715 g/mol. The average molecular weight is 716 g/mol. The first kappa shape index (κ1) is 33.1. The molecule has 53 heavy (non-hydrogen) atoms. The zero-order chi connectivity index (χ0) is 35.8. The second-order valence-electron chi connectivity index (χ2n) is 13.3. The number of nitrogens with zero attached hydrogens (tertiary/aromatic N) is 1. The molecule has 2 aliphatic heterocycles. The van der Waals surface area contributed by atoms with Crippen molar-refractivity contribution in [3.05, 3.63) is 228 Å². The van der Waals surface area contributed by atoms with E-state index in [0.29, 0.717) is 0 Å². The number of benzene rings is 7. The van der Waals surface area contributed by atoms with E-state index in [1.165, 1.54) is 64.1 Å². The lowest BCUT2D eigenvalue weighted by atomic mass is 9.62. The van der Waals surface area contributed by atoms with Crippen LogP contribution in [-0.2, 0) is 5.41 Å². The van der Waals surface area contributed by atoms with E-state index in [9.17, 15) is 0 Å². The van der Waals surface area contributed by atoms with Crippen LogP contribution in [-0.4, -0.2) is 0 Å². The van der Waals surface area contributed by atoms with E-state index in [1.54, 1.807) is 0 Å². The summed E-state index contributed by atoms with van der Waals surface area (Å²) in [6.45, 7) is 6.34. The standard InChI is InChI=1S/C50H37NS2/c1-3-36-20-10-13-30-44(36)51(38-23-8-5-9-24-38)34-18-19-35(2)39-25-16-29-43-49(39)53-46-32-15-12-28-42(46)50(43)41-27-11-14-31-45(41)52-47-33-17-26-40(48(47)50)37-21-6-4-7-22-37/h3-34H,1H2,2H3/b34-18-,35-19+. The van der Waals surface area contributed by atoms with Crippen molar-refractivity contribution in [2.24, 2.45) is 0 Å². The topological polar surface area (TPSA) is 3.24 Å². The summed E-state index contributed by atoms with van der Waals surface area (Å²) in [5, 5.41) is 0. The van der Waals surface area contributed by atoms with E-state index < -0.39 is 5.41 Å². The molecule has 0 amide bonds. The molecule has 3 heteroatoms. The molecule has 0 bridgehead atoms. The van der Waals surface area contributed by atoms with Crippen LogP contribution in [0.3, 0.4) is 0 Å². The highest BCUT2D eigenvalue weighted by Gasteiger charge is 2.50. The molecule has 1 atom stereocenters. The maximum absolute atomic E-state index is 4.09. The lowest BCUT2D eigenvalue weighted by Gasteiger charge is -2.47. The summed E-state index contributed by atoms with van der Waals surface area (Å²) in [6, 6.07) is 61.7. The van der Waals surface area contributed by atoms with Gasteiger partial charge < -0.3 is 4.90 Å². The van der Waals surface area contributed by atoms with Crippen LogP contribution in [0, 0.1) is 0 Å². The highest BCUT2D eigenvalue weighted by Crippen LogP contribution is 2.63. The van der Waals surface area contributed by atoms with Crippen LogP contribution >= 0.6 is 23.5 Å². The molecule has 0 radical (unpaired) electrons. The predicted molar refractivity (Wildman–Crippen MR) is 226 cm³/mol. The first-order valence-corrected chi connectivity index (χ1v) is 19.6. The number of hydrogen-bond donors (Lipinski definition) is 0. The van der Waals surface area contributed by atoms with Gasteiger partial charge in [0, 0.05) is 31.5 Å². The summed E-state index contributed by atoms with van der Waals surface area (Å²) < 4.78 is 0. The van der Waals surface area contributed by atoms with Gasteiger partial charge in [0.2, 0.25) is 0 Å². The van der Waals surface area contributed by atoms with Crippen molar-refractivity contribution in [1.29, 1.82) is 0 Å². The molecule has 7 aromatic rings. The minimum Gasteiger partial charge on any atom is -0.317 e. The first-order chi connectivity index (χ1) is 26.2. The van der Waals surface area contributed by atoms with E-state index in [2.05, 4.69) is 207 Å². The molecule has 7 aromatic carbocycles. The summed E-state index contributed by atoms with van der Waals surface area (Å²) >= 11 is 3.79. The number of rotatable bonds is 7. The molecule has 2 aliphatic rings. The molecule has 0 aromatic heterocycles. The largest absolute Gasteiger partial charge is 0.317 e. The van der Waals surface area contributed by atoms with Crippen LogP contribution in [0.15, 0.2) is 214 Å². The van der Waals surface area contributed by atoms with Gasteiger partial charge in [0.05, 0.1) is 11.1 Å². The van der Waals surface area contributed by atoms with Gasteiger partial charge in [-0.1, -0.05) is 176 Å². The van der Waals surface area contributed by atoms with Crippen LogP contribution in [0.4, 0.5) is 11.4 Å². The quantitative estimate of drug-likeness (QED) is 0.151. The lowest BCUT2D eigenvalue weighted by Crippen LogP contribution is -2.37. The number of anilines is 2. The molecule has 254 valence electrons. The second-order valence-corrected chi connectivity index (χ2v) is 15.5. The van der Waals surface area contributed by atoms with Crippen molar-refractivity contribution in [3.8, 4) is 11.1 Å². The maximum Gasteiger partial charge on any atom is 0.0751 e. The van der Waals surface area contributed by atoms with Crippen molar-refractivity contribution in [3.63, 3.8) is 0 Å². The molecular formula is C50H37NS2. The Bertz CT molecular complexity index is 2540. The third-order valence-corrected chi connectivity index (χ3v) is 12.7. The molecule has 0 saturated carbocycles. The molecule has 0 fully saturated rings. The molecule has 0 aliphatic carbocycles. The van der Waals surface area contributed by atoms with E-state index in [4.69, 9.17) is 0 Å². The second kappa shape index (κ2) is 14.0. The highest BCUT2D eigenvalue weighted by molar-refractivity contribution is 8.00. The number of allylic oxidation sites excluding steroid dienone is 3. The van der Waals surface area contributed by atoms with Crippen molar-refractivity contribution >= 4 is 46.5 Å². The Labute approximate surface area is 321 Å². The van der Waals surface area contributed by atoms with Crippen LogP contribution in [0.1, 0.15) is 40.3 Å². The van der Waals surface area contributed by atoms with Gasteiger partial charge in [-0.25, -0.2) is 0 Å². The average Bonchev–Trinajstić information content (AvgIpc) is 3.22. The molecule has 0 saturated heterocycles. The predicted octanol–water partition coefficient (Wildman–Crippen LogP) is 14.1. The van der Waals surface area contributed by atoms with Crippen LogP contribution in [0.5, 0.6) is 0 Å². The first-order valence-electron chi connectivity index (χ1n) is 18.0. The SMILES string of the molecule is C=Cc1ccccc1N(/C=C\C=C(/C)c1cccc2c1Sc1ccccc1C21c2ccccc2Sc2cccc(-c3ccccc3)c21)c1ccccc1. The van der Waals surface area contributed by atoms with E-state index in [1.807, 2.05) is 29.6 Å². The number of hydrogen-bond acceptors (Lipinski definition) is 3. The van der Waals surface area contributed by atoms with Gasteiger partial charge in [-0.15, -0.1) is 0 Å². The Kier molecular flexibility index (Phi) is 8.75. The van der Waals surface area contributed by atoms with Gasteiger partial charge >= 0.3 is 0 Å². The zero-order valence-electron chi connectivity index (χ0n) is 29.4. The molecule has 2 heterocycles. The third-order valence-electron chi connectivity index (χ3n) is 10.4. The summed E-state index contributed by atoms with van der Waals surface area (Å²) in [6.07, 6.45) is 8.51. The molecule has 1 spiro atoms. The minimum absolute atomic E-state index is 0.509. The molecular weight excluding hydrogens is 679 g/mol. The molecule has 0 N–H and O–H groups in total. The van der Waals surface area contributed by atoms with Crippen molar-refractivity contribution < 1.29 is 0 Å². The van der Waals surface area contributed by atoms with E-state index >= 15 is 0 Å². The Morgan fingerprint density at radius 1 is 0.585 bits per heavy atom. The highest BCUT2D eigenvalue weighted by atomic mass is 32.2. The van der Waals surface area contributed by atoms with Gasteiger partial charge in [-0.2, -0.15) is 0 Å². The summed E-state index contributed by atoms with van der Waals surface area (Å²) in [4.78, 5) is 7.45. The van der Waals surface area contributed by atoms with E-state index in [0.717, 1.165) is 16.9 Å². The minimum atomic E-state index is -0.509. The molecule has 9 rings (SSSR count). The summed E-state index contributed by atoms with van der Waals surface area (Å²) in [5.74, 6) is 0. The Morgan fingerprint density at radius 2 is 1.19 bits per heavy atom. The number of fused-ring (bicyclic) bond motifs is 8. The van der Waals surface area contributed by atoms with Gasteiger partial charge in [-0.05, 0) is 99.5 Å². The smallest absolute Gasteiger partial charge is 0.0751 e. The summed E-state index contributed by atoms with van der Waals surface area (Å²) in [7, 11) is 0. The summed E-state index contributed by atoms with van der Waals surface area (Å²) in [5.41, 5.74) is 13.1. The molecule has 1 nitrogen and oxygen atoms in total. The Morgan fingerprint density at radius 3 is 1.94 bits per heavy atom. The fourth-order valence-corrected chi connectivity index (χ4v) is 10.6. The Hall–Kier alpha value is -5.74. The fraction of sp³-hybridized carbons (Fsp3) is 0.0400. The van der Waals surface area contributed by atoms with Gasteiger partial charge in [0.25, 0.3) is 0 Å². The van der Waals surface area contributed by atoms with Gasteiger partial charge in [-0.3, -0.25) is 0 Å². The Balaban J connectivity index is 1.25. The fourth-order valence-electron chi connectivity index (χ4n) is 8.05. The van der Waals surface area contributed by atoms with Crippen molar-refractivity contribution in [1.82, 2.24) is 0 Å². The third kappa shape index (κ3) is 5.60. The lowest BCUT2D eigenvalue weighted by molar-refractivity contribution is 0.668. The zero-order valence-corrected chi connectivity index (χ0v) is 31.1. The van der Waals surface area contributed by atoms with Crippen molar-refractivity contribution in [2.75, 3.05) is 4.90 Å². The van der Waals surface area contributed by atoms with Crippen LogP contribution < -0.4 is 4.90 Å². The van der Waals surface area contributed by atoms with Crippen LogP contribution in [0.2, 0.25) is 0 Å². The van der Waals surface area contributed by atoms with Gasteiger partial charge in [0.1, 0.15) is 0 Å². The maximum atomic E-state index is 4.09. The van der Waals surface area contributed by atoms with E-state index in [-0.39, 0.29) is 0 Å². The molecule has 1 unspecified atom stereocenters. The van der Waals surface area contributed by atoms with Crippen molar-refractivity contribution in [2.45, 2.75) is 31.9 Å². The van der Waals surface area contributed by atoms with Crippen LogP contribution in [0.25, 0.3) is 22.8 Å². The number of para-hydroxylation sites is 2. The van der Waals surface area contributed by atoms with Gasteiger partial charge in [0.15, 0.2) is 0 Å². The normalized spacial score (nSPS) is 15.7.